The van der Waals surface area contributed by atoms with Gasteiger partial charge in [-0.1, -0.05) is 43.0 Å². The fourth-order valence-electron chi connectivity index (χ4n) is 4.33. The number of aliphatic hydroxyl groups is 1. The Kier molecular flexibility index (Phi) is 8.87. The molecule has 1 N–H and O–H groups in total. The number of piperidine rings is 1. The molecule has 3 nitrogen and oxygen atoms in total. The first kappa shape index (κ1) is 24.5. The van der Waals surface area contributed by atoms with Gasteiger partial charge in [0.25, 0.3) is 0 Å². The molecule has 0 bridgehead atoms. The lowest BCUT2D eigenvalue weighted by atomic mass is 9.96. The van der Waals surface area contributed by atoms with Crippen molar-refractivity contribution in [2.75, 3.05) is 32.7 Å². The highest BCUT2D eigenvalue weighted by Crippen LogP contribution is 2.19. The van der Waals surface area contributed by atoms with Gasteiger partial charge >= 0.3 is 0 Å². The van der Waals surface area contributed by atoms with Gasteiger partial charge in [0.15, 0.2) is 0 Å². The monoisotopic (exact) mass is 436 g/mol. The third-order valence-corrected chi connectivity index (χ3v) is 6.05. The third-order valence-electron chi connectivity index (χ3n) is 6.05. The van der Waals surface area contributed by atoms with Crippen molar-refractivity contribution in [3.63, 3.8) is 0 Å². The second-order valence-corrected chi connectivity index (χ2v) is 9.52. The van der Waals surface area contributed by atoms with E-state index in [4.69, 9.17) is 0 Å². The largest absolute Gasteiger partial charge is 0.378 e. The quantitative estimate of drug-likeness (QED) is 0.607. The Morgan fingerprint density at radius 1 is 1.16 bits per heavy atom. The van der Waals surface area contributed by atoms with Gasteiger partial charge in [-0.15, -0.1) is 0 Å². The maximum atomic E-state index is 13.4. The van der Waals surface area contributed by atoms with Crippen LogP contribution in [0.2, 0.25) is 0 Å². The van der Waals surface area contributed by atoms with Crippen LogP contribution in [0.15, 0.2) is 48.5 Å². The van der Waals surface area contributed by atoms with Crippen molar-refractivity contribution in [3.8, 4) is 11.8 Å². The molecule has 1 aliphatic rings. The Bertz CT molecular complexity index is 908. The summed E-state index contributed by atoms with van der Waals surface area (Å²) in [4.78, 5) is 5.07. The molecule has 1 saturated heterocycles. The second kappa shape index (κ2) is 11.6. The molecule has 3 rings (SSSR count). The van der Waals surface area contributed by atoms with Crippen molar-refractivity contribution in [1.82, 2.24) is 9.80 Å². The van der Waals surface area contributed by atoms with Crippen LogP contribution in [-0.2, 0) is 13.0 Å². The molecule has 1 unspecified atom stereocenters. The number of rotatable bonds is 8. The zero-order chi connectivity index (χ0) is 23.0. The highest BCUT2D eigenvalue weighted by atomic mass is 19.1. The molecular weight excluding hydrogens is 399 g/mol. The first-order valence-corrected chi connectivity index (χ1v) is 11.8. The van der Waals surface area contributed by atoms with Crippen molar-refractivity contribution in [2.45, 2.75) is 52.2 Å². The SMILES string of the molecule is CCN(Cc1ccc(C#CC(C)(C)O)cc1)CC1CCCN(CCc2cccc(F)c2)C1. The first-order chi connectivity index (χ1) is 15.3. The van der Waals surface area contributed by atoms with Crippen LogP contribution in [0.1, 0.15) is 50.3 Å². The highest BCUT2D eigenvalue weighted by molar-refractivity contribution is 5.37. The van der Waals surface area contributed by atoms with E-state index in [0.717, 1.165) is 56.8 Å². The minimum atomic E-state index is -0.969. The summed E-state index contributed by atoms with van der Waals surface area (Å²) in [5.41, 5.74) is 2.33. The van der Waals surface area contributed by atoms with Crippen molar-refractivity contribution in [2.24, 2.45) is 5.92 Å². The van der Waals surface area contributed by atoms with Gasteiger partial charge in [0.2, 0.25) is 0 Å². The summed E-state index contributed by atoms with van der Waals surface area (Å²) in [5, 5.41) is 9.76. The fourth-order valence-corrected chi connectivity index (χ4v) is 4.33. The van der Waals surface area contributed by atoms with E-state index in [0.29, 0.717) is 5.92 Å². The molecule has 0 radical (unpaired) electrons. The highest BCUT2D eigenvalue weighted by Gasteiger charge is 2.21. The van der Waals surface area contributed by atoms with Gasteiger partial charge in [0, 0.05) is 31.7 Å². The lowest BCUT2D eigenvalue weighted by molar-refractivity contribution is 0.133. The molecule has 2 aromatic rings. The number of hydrogen-bond acceptors (Lipinski definition) is 3. The number of nitrogens with zero attached hydrogens (tertiary/aromatic N) is 2. The van der Waals surface area contributed by atoms with E-state index < -0.39 is 5.60 Å². The van der Waals surface area contributed by atoms with Crippen LogP contribution in [0.5, 0.6) is 0 Å². The Morgan fingerprint density at radius 2 is 1.94 bits per heavy atom. The summed E-state index contributed by atoms with van der Waals surface area (Å²) >= 11 is 0. The van der Waals surface area contributed by atoms with Crippen LogP contribution < -0.4 is 0 Å². The van der Waals surface area contributed by atoms with E-state index in [9.17, 15) is 9.50 Å². The molecule has 0 spiro atoms. The molecule has 0 saturated carbocycles. The number of benzene rings is 2. The van der Waals surface area contributed by atoms with Gasteiger partial charge in [0.1, 0.15) is 11.4 Å². The van der Waals surface area contributed by atoms with Gasteiger partial charge in [-0.3, -0.25) is 4.90 Å². The van der Waals surface area contributed by atoms with E-state index in [1.165, 1.54) is 24.5 Å². The standard InChI is InChI=1S/C28H37FN2O/c1-4-30(20-25-12-10-23(11-13-25)14-16-28(2,3)32)21-26-8-6-17-31(22-26)18-15-24-7-5-9-27(29)19-24/h5,7,9-13,19,26,32H,4,6,8,15,17-18,20-22H2,1-3H3. The van der Waals surface area contributed by atoms with E-state index in [-0.39, 0.29) is 5.82 Å². The molecule has 4 heteroatoms. The molecule has 1 aliphatic heterocycles. The van der Waals surface area contributed by atoms with Crippen molar-refractivity contribution >= 4 is 0 Å². The fraction of sp³-hybridized carbons (Fsp3) is 0.500. The molecule has 1 heterocycles. The summed E-state index contributed by atoms with van der Waals surface area (Å²) in [7, 11) is 0. The maximum Gasteiger partial charge on any atom is 0.123 e. The van der Waals surface area contributed by atoms with E-state index in [1.54, 1.807) is 26.0 Å². The van der Waals surface area contributed by atoms with Crippen LogP contribution in [-0.4, -0.2) is 53.2 Å². The van der Waals surface area contributed by atoms with Crippen molar-refractivity contribution in [1.29, 1.82) is 0 Å². The summed E-state index contributed by atoms with van der Waals surface area (Å²) in [5.74, 6) is 6.43. The normalized spacial score (nSPS) is 17.2. The zero-order valence-electron chi connectivity index (χ0n) is 19.8. The molecule has 1 fully saturated rings. The summed E-state index contributed by atoms with van der Waals surface area (Å²) in [6.07, 6.45) is 3.42. The average molecular weight is 437 g/mol. The Morgan fingerprint density at radius 3 is 2.62 bits per heavy atom. The zero-order valence-corrected chi connectivity index (χ0v) is 19.8. The number of hydrogen-bond donors (Lipinski definition) is 1. The lowest BCUT2D eigenvalue weighted by Crippen LogP contribution is -2.41. The minimum absolute atomic E-state index is 0.144. The predicted octanol–water partition coefficient (Wildman–Crippen LogP) is 4.72. The molecule has 32 heavy (non-hydrogen) atoms. The molecule has 0 amide bonds. The molecule has 172 valence electrons. The van der Waals surface area contributed by atoms with E-state index in [2.05, 4.69) is 40.7 Å². The number of likely N-dealkylation sites (tertiary alicyclic amines) is 1. The smallest absolute Gasteiger partial charge is 0.123 e. The van der Waals surface area contributed by atoms with Crippen molar-refractivity contribution < 1.29 is 9.50 Å². The van der Waals surface area contributed by atoms with Gasteiger partial charge in [-0.25, -0.2) is 4.39 Å². The Balaban J connectivity index is 1.49. The minimum Gasteiger partial charge on any atom is -0.378 e. The molecule has 0 aromatic heterocycles. The lowest BCUT2D eigenvalue weighted by Gasteiger charge is -2.35. The summed E-state index contributed by atoms with van der Waals surface area (Å²) in [6, 6.07) is 15.3. The maximum absolute atomic E-state index is 13.4. The Hall–Kier alpha value is -2.19. The Labute approximate surface area is 193 Å². The van der Waals surface area contributed by atoms with Crippen LogP contribution in [0.25, 0.3) is 0 Å². The predicted molar refractivity (Wildman–Crippen MR) is 130 cm³/mol. The van der Waals surface area contributed by atoms with Crippen LogP contribution in [0.4, 0.5) is 4.39 Å². The van der Waals surface area contributed by atoms with Gasteiger partial charge < -0.3 is 10.0 Å². The van der Waals surface area contributed by atoms with Crippen LogP contribution in [0, 0.1) is 23.6 Å². The van der Waals surface area contributed by atoms with Gasteiger partial charge in [0.05, 0.1) is 0 Å². The number of halogens is 1. The molecule has 0 aliphatic carbocycles. The van der Waals surface area contributed by atoms with E-state index in [1.807, 2.05) is 18.2 Å². The summed E-state index contributed by atoms with van der Waals surface area (Å²) < 4.78 is 13.4. The third kappa shape index (κ3) is 8.39. The first-order valence-electron chi connectivity index (χ1n) is 11.8. The molecule has 1 atom stereocenters. The second-order valence-electron chi connectivity index (χ2n) is 9.52. The van der Waals surface area contributed by atoms with E-state index >= 15 is 0 Å². The molecule has 2 aromatic carbocycles. The van der Waals surface area contributed by atoms with Gasteiger partial charge in [-0.2, -0.15) is 0 Å². The summed E-state index contributed by atoms with van der Waals surface area (Å²) in [6.45, 7) is 12.0. The van der Waals surface area contributed by atoms with Crippen LogP contribution in [0.3, 0.4) is 0 Å². The molecular formula is C28H37FN2O. The van der Waals surface area contributed by atoms with Gasteiger partial charge in [-0.05, 0) is 87.5 Å². The average Bonchev–Trinajstić information content (AvgIpc) is 2.76. The topological polar surface area (TPSA) is 26.7 Å². The van der Waals surface area contributed by atoms with Crippen molar-refractivity contribution in [3.05, 3.63) is 71.0 Å². The van der Waals surface area contributed by atoms with Crippen LogP contribution >= 0.6 is 0 Å².